The molecule has 0 unspecified atom stereocenters. The molecule has 6 nitrogen and oxygen atoms in total. The van der Waals surface area contributed by atoms with Gasteiger partial charge in [-0.1, -0.05) is 67.3 Å². The molecule has 32 heavy (non-hydrogen) atoms. The third kappa shape index (κ3) is 3.49. The van der Waals surface area contributed by atoms with Crippen LogP contribution in [0.25, 0.3) is 16.9 Å². The van der Waals surface area contributed by atoms with Crippen molar-refractivity contribution >= 4 is 11.2 Å². The van der Waals surface area contributed by atoms with Crippen molar-refractivity contribution in [2.75, 3.05) is 0 Å². The highest BCUT2D eigenvalue weighted by Crippen LogP contribution is 2.27. The summed E-state index contributed by atoms with van der Waals surface area (Å²) in [5.74, 6) is 0. The van der Waals surface area contributed by atoms with E-state index in [9.17, 15) is 9.59 Å². The van der Waals surface area contributed by atoms with Crippen LogP contribution in [0.1, 0.15) is 54.8 Å². The maximum Gasteiger partial charge on any atom is 0.337 e. The number of fused-ring (bicyclic) bond motifs is 1. The molecule has 2 heterocycles. The maximum absolute atomic E-state index is 13.7. The lowest BCUT2D eigenvalue weighted by Gasteiger charge is -2.24. The van der Waals surface area contributed by atoms with Gasteiger partial charge in [0.05, 0.1) is 12.0 Å². The van der Waals surface area contributed by atoms with E-state index in [1.807, 2.05) is 41.8 Å². The average Bonchev–Trinajstić information content (AvgIpc) is 3.19. The van der Waals surface area contributed by atoms with Crippen LogP contribution in [0.2, 0.25) is 0 Å². The van der Waals surface area contributed by atoms with Gasteiger partial charge >= 0.3 is 5.69 Å². The number of aryl methyl sites for hydroxylation is 2. The summed E-state index contributed by atoms with van der Waals surface area (Å²) >= 11 is 0. The number of nitrogens with zero attached hydrogens (tertiary/aromatic N) is 4. The Kier molecular flexibility index (Phi) is 5.29. The van der Waals surface area contributed by atoms with Crippen molar-refractivity contribution in [3.8, 4) is 5.69 Å². The number of para-hydroxylation sites is 1. The van der Waals surface area contributed by atoms with E-state index >= 15 is 0 Å². The normalized spacial score (nSPS) is 14.8. The van der Waals surface area contributed by atoms with Gasteiger partial charge in [-0.2, -0.15) is 0 Å². The van der Waals surface area contributed by atoms with Gasteiger partial charge in [-0.3, -0.25) is 9.36 Å². The monoisotopic (exact) mass is 428 g/mol. The van der Waals surface area contributed by atoms with Crippen LogP contribution in [0.15, 0.2) is 64.4 Å². The molecule has 0 spiro atoms. The summed E-state index contributed by atoms with van der Waals surface area (Å²) in [6.45, 7) is 4.57. The standard InChI is InChI=1S/C26H28N4O2/c1-18-9-8-11-20(15-18)16-28-17-27-24-23(28)25(31)29(21-12-4-3-5-13-21)26(32)30(24)22-14-7-6-10-19(22)2/h6-11,14-15,17,21H,3-5,12-13,16H2,1-2H3. The molecule has 0 radical (unpaired) electrons. The fourth-order valence-corrected chi connectivity index (χ4v) is 4.97. The van der Waals surface area contributed by atoms with Crippen molar-refractivity contribution in [3.63, 3.8) is 0 Å². The second-order valence-corrected chi connectivity index (χ2v) is 8.91. The molecule has 2 aromatic carbocycles. The van der Waals surface area contributed by atoms with Crippen LogP contribution in [0, 0.1) is 13.8 Å². The number of hydrogen-bond acceptors (Lipinski definition) is 3. The Morgan fingerprint density at radius 3 is 2.50 bits per heavy atom. The van der Waals surface area contributed by atoms with Gasteiger partial charge in [-0.05, 0) is 43.9 Å². The van der Waals surface area contributed by atoms with Crippen LogP contribution in [0.3, 0.4) is 0 Å². The van der Waals surface area contributed by atoms with Crippen molar-refractivity contribution in [2.24, 2.45) is 0 Å². The highest BCUT2D eigenvalue weighted by atomic mass is 16.2. The van der Waals surface area contributed by atoms with E-state index < -0.39 is 0 Å². The minimum atomic E-state index is -0.287. The predicted octanol–water partition coefficient (Wildman–Crippen LogP) is 4.52. The Hall–Kier alpha value is -3.41. The Morgan fingerprint density at radius 2 is 1.75 bits per heavy atom. The zero-order valence-electron chi connectivity index (χ0n) is 18.6. The molecule has 0 atom stereocenters. The first-order valence-corrected chi connectivity index (χ1v) is 11.4. The quantitative estimate of drug-likeness (QED) is 0.480. The van der Waals surface area contributed by atoms with E-state index in [0.29, 0.717) is 17.7 Å². The van der Waals surface area contributed by atoms with Crippen molar-refractivity contribution in [2.45, 2.75) is 58.5 Å². The summed E-state index contributed by atoms with van der Waals surface area (Å²) in [6, 6.07) is 16.0. The zero-order chi connectivity index (χ0) is 22.2. The summed E-state index contributed by atoms with van der Waals surface area (Å²) in [4.78, 5) is 32.1. The fourth-order valence-electron chi connectivity index (χ4n) is 4.97. The first kappa shape index (κ1) is 20.5. The highest BCUT2D eigenvalue weighted by Gasteiger charge is 2.25. The molecule has 1 fully saturated rings. The minimum Gasteiger partial charge on any atom is -0.320 e. The Bertz CT molecular complexity index is 1400. The lowest BCUT2D eigenvalue weighted by Crippen LogP contribution is -2.43. The molecular formula is C26H28N4O2. The van der Waals surface area contributed by atoms with Crippen LogP contribution in [-0.2, 0) is 6.54 Å². The summed E-state index contributed by atoms with van der Waals surface area (Å²) in [5, 5.41) is 0. The molecule has 0 amide bonds. The van der Waals surface area contributed by atoms with Crippen LogP contribution < -0.4 is 11.2 Å². The van der Waals surface area contributed by atoms with Gasteiger partial charge in [0.25, 0.3) is 5.56 Å². The second kappa shape index (κ2) is 8.26. The minimum absolute atomic E-state index is 0.0641. The van der Waals surface area contributed by atoms with Gasteiger partial charge in [0, 0.05) is 12.6 Å². The molecular weight excluding hydrogens is 400 g/mol. The molecule has 1 aliphatic rings. The molecule has 4 aromatic rings. The second-order valence-electron chi connectivity index (χ2n) is 8.91. The SMILES string of the molecule is Cc1cccc(Cn2cnc3c2c(=O)n(C2CCCCC2)c(=O)n3-c2ccccc2C)c1. The summed E-state index contributed by atoms with van der Waals surface area (Å²) in [7, 11) is 0. The number of benzene rings is 2. The van der Waals surface area contributed by atoms with Crippen molar-refractivity contribution in [3.05, 3.63) is 92.4 Å². The van der Waals surface area contributed by atoms with Gasteiger partial charge in [-0.15, -0.1) is 0 Å². The number of imidazole rings is 1. The molecule has 0 bridgehead atoms. The first-order valence-electron chi connectivity index (χ1n) is 11.4. The summed E-state index contributed by atoms with van der Waals surface area (Å²) in [5.41, 5.74) is 4.40. The molecule has 164 valence electrons. The number of aromatic nitrogens is 4. The van der Waals surface area contributed by atoms with Crippen molar-refractivity contribution < 1.29 is 0 Å². The van der Waals surface area contributed by atoms with E-state index in [0.717, 1.165) is 48.9 Å². The van der Waals surface area contributed by atoms with Crippen LogP contribution in [0.4, 0.5) is 0 Å². The maximum atomic E-state index is 13.7. The first-order chi connectivity index (χ1) is 15.5. The molecule has 6 heteroatoms. The summed E-state index contributed by atoms with van der Waals surface area (Å²) < 4.78 is 5.02. The van der Waals surface area contributed by atoms with Gasteiger partial charge in [-0.25, -0.2) is 14.3 Å². The van der Waals surface area contributed by atoms with Crippen LogP contribution in [-0.4, -0.2) is 18.7 Å². The van der Waals surface area contributed by atoms with E-state index in [-0.39, 0.29) is 17.3 Å². The van der Waals surface area contributed by atoms with E-state index in [2.05, 4.69) is 30.1 Å². The molecule has 0 saturated heterocycles. The lowest BCUT2D eigenvalue weighted by molar-refractivity contribution is 0.335. The van der Waals surface area contributed by atoms with E-state index in [1.54, 1.807) is 10.9 Å². The van der Waals surface area contributed by atoms with E-state index in [1.165, 1.54) is 10.1 Å². The third-order valence-corrected chi connectivity index (χ3v) is 6.58. The van der Waals surface area contributed by atoms with Gasteiger partial charge in [0.1, 0.15) is 0 Å². The van der Waals surface area contributed by atoms with Gasteiger partial charge in [0.2, 0.25) is 0 Å². The number of rotatable bonds is 4. The molecule has 0 N–H and O–H groups in total. The predicted molar refractivity (Wildman–Crippen MR) is 127 cm³/mol. The molecule has 5 rings (SSSR count). The molecule has 1 aliphatic carbocycles. The smallest absolute Gasteiger partial charge is 0.320 e. The molecule has 0 aliphatic heterocycles. The van der Waals surface area contributed by atoms with Crippen LogP contribution >= 0.6 is 0 Å². The third-order valence-electron chi connectivity index (χ3n) is 6.58. The largest absolute Gasteiger partial charge is 0.337 e. The zero-order valence-corrected chi connectivity index (χ0v) is 18.6. The Labute approximate surface area is 186 Å². The Morgan fingerprint density at radius 1 is 0.969 bits per heavy atom. The van der Waals surface area contributed by atoms with Gasteiger partial charge in [0.15, 0.2) is 11.2 Å². The van der Waals surface area contributed by atoms with Gasteiger partial charge < -0.3 is 4.57 Å². The number of hydrogen-bond donors (Lipinski definition) is 0. The highest BCUT2D eigenvalue weighted by molar-refractivity contribution is 5.73. The fraction of sp³-hybridized carbons (Fsp3) is 0.346. The van der Waals surface area contributed by atoms with Crippen LogP contribution in [0.5, 0.6) is 0 Å². The Balaban J connectivity index is 1.79. The lowest BCUT2D eigenvalue weighted by atomic mass is 9.95. The topological polar surface area (TPSA) is 61.8 Å². The van der Waals surface area contributed by atoms with Crippen molar-refractivity contribution in [1.29, 1.82) is 0 Å². The molecule has 1 saturated carbocycles. The van der Waals surface area contributed by atoms with E-state index in [4.69, 9.17) is 0 Å². The molecule has 2 aromatic heterocycles. The van der Waals surface area contributed by atoms with Crippen molar-refractivity contribution in [1.82, 2.24) is 18.7 Å². The summed E-state index contributed by atoms with van der Waals surface area (Å²) in [6.07, 6.45) is 6.66. The average molecular weight is 429 g/mol.